The van der Waals surface area contributed by atoms with Gasteiger partial charge in [-0.3, -0.25) is 0 Å². The van der Waals surface area contributed by atoms with Crippen LogP contribution in [0, 0.1) is 31.6 Å². The Morgan fingerprint density at radius 1 is 1.12 bits per heavy atom. The minimum Gasteiger partial charge on any atom is -0.371 e. The average molecular weight is 216 g/mol. The van der Waals surface area contributed by atoms with Crippen LogP contribution in [0.3, 0.4) is 0 Å². The first-order valence-corrected chi connectivity index (χ1v) is 6.22. The molecule has 1 aliphatic heterocycles. The average Bonchev–Trinajstić information content (AvgIpc) is 2.68. The Morgan fingerprint density at radius 2 is 1.69 bits per heavy atom. The molecule has 0 spiro atoms. The summed E-state index contributed by atoms with van der Waals surface area (Å²) < 4.78 is 0. The van der Waals surface area contributed by atoms with Crippen molar-refractivity contribution in [3.8, 4) is 0 Å². The van der Waals surface area contributed by atoms with E-state index in [1.54, 1.807) is 0 Å². The highest BCUT2D eigenvalue weighted by atomic mass is 15.2. The van der Waals surface area contributed by atoms with E-state index in [1.165, 1.54) is 29.9 Å². The lowest BCUT2D eigenvalue weighted by Gasteiger charge is -2.22. The topological polar surface area (TPSA) is 29.3 Å². The van der Waals surface area contributed by atoms with Gasteiger partial charge < -0.3 is 10.6 Å². The molecule has 1 saturated heterocycles. The Hall–Kier alpha value is -1.02. The smallest absolute Gasteiger partial charge is 0.0371 e. The largest absolute Gasteiger partial charge is 0.371 e. The zero-order chi connectivity index (χ0) is 11.3. The van der Waals surface area contributed by atoms with Gasteiger partial charge in [-0.25, -0.2) is 0 Å². The molecule has 1 heterocycles. The summed E-state index contributed by atoms with van der Waals surface area (Å²) in [7, 11) is 0. The van der Waals surface area contributed by atoms with Gasteiger partial charge in [0.05, 0.1) is 0 Å². The first kappa shape index (κ1) is 10.2. The van der Waals surface area contributed by atoms with Crippen LogP contribution in [0.5, 0.6) is 0 Å². The lowest BCUT2D eigenvalue weighted by atomic mass is 10.1. The Labute approximate surface area is 97.4 Å². The number of rotatable bonds is 2. The number of nitrogens with zero attached hydrogens (tertiary/aromatic N) is 1. The zero-order valence-corrected chi connectivity index (χ0v) is 10.1. The lowest BCUT2D eigenvalue weighted by molar-refractivity contribution is 0.647. The number of aryl methyl sites for hydroxylation is 2. The van der Waals surface area contributed by atoms with Crippen molar-refractivity contribution in [1.82, 2.24) is 0 Å². The van der Waals surface area contributed by atoms with E-state index in [-0.39, 0.29) is 0 Å². The van der Waals surface area contributed by atoms with Gasteiger partial charge in [-0.2, -0.15) is 0 Å². The van der Waals surface area contributed by atoms with Crippen LogP contribution in [0.1, 0.15) is 11.1 Å². The predicted octanol–water partition coefficient (Wildman–Crippen LogP) is 1.94. The van der Waals surface area contributed by atoms with E-state index in [0.717, 1.165) is 24.3 Å². The quantitative estimate of drug-likeness (QED) is 0.818. The molecule has 1 aliphatic carbocycles. The van der Waals surface area contributed by atoms with Gasteiger partial charge >= 0.3 is 0 Å². The molecular weight excluding hydrogens is 196 g/mol. The Bertz CT molecular complexity index is 381. The standard InChI is InChI=1S/C14H20N2/c1-9-3-10(2)5-11(4-9)16-7-13-12(6-15)14(13)8-16/h3-5,12-14H,6-8,15H2,1-2H3. The molecule has 0 bridgehead atoms. The second-order valence-electron chi connectivity index (χ2n) is 5.48. The molecule has 2 fully saturated rings. The molecule has 0 aromatic heterocycles. The van der Waals surface area contributed by atoms with E-state index in [1.807, 2.05) is 0 Å². The molecule has 2 nitrogen and oxygen atoms in total. The van der Waals surface area contributed by atoms with Gasteiger partial charge in [0.1, 0.15) is 0 Å². The first-order valence-electron chi connectivity index (χ1n) is 6.22. The van der Waals surface area contributed by atoms with Gasteiger partial charge in [0.2, 0.25) is 0 Å². The molecule has 1 aromatic rings. The van der Waals surface area contributed by atoms with Crippen molar-refractivity contribution in [3.63, 3.8) is 0 Å². The molecular formula is C14H20N2. The minimum atomic E-state index is 0.821. The second kappa shape index (κ2) is 3.49. The van der Waals surface area contributed by atoms with Crippen molar-refractivity contribution in [3.05, 3.63) is 29.3 Å². The third kappa shape index (κ3) is 1.52. The van der Waals surface area contributed by atoms with E-state index in [0.29, 0.717) is 0 Å². The van der Waals surface area contributed by atoms with Crippen molar-refractivity contribution in [2.45, 2.75) is 13.8 Å². The number of benzene rings is 1. The summed E-state index contributed by atoms with van der Waals surface area (Å²) in [5.41, 5.74) is 9.87. The Morgan fingerprint density at radius 3 is 2.19 bits per heavy atom. The first-order chi connectivity index (χ1) is 7.69. The molecule has 0 amide bonds. The van der Waals surface area contributed by atoms with Crippen molar-refractivity contribution >= 4 is 5.69 Å². The van der Waals surface area contributed by atoms with Crippen molar-refractivity contribution in [2.24, 2.45) is 23.5 Å². The summed E-state index contributed by atoms with van der Waals surface area (Å²) in [5, 5.41) is 0. The van der Waals surface area contributed by atoms with E-state index in [4.69, 9.17) is 5.73 Å². The van der Waals surface area contributed by atoms with Crippen LogP contribution in [0.15, 0.2) is 18.2 Å². The van der Waals surface area contributed by atoms with Crippen LogP contribution in [-0.4, -0.2) is 19.6 Å². The molecule has 1 saturated carbocycles. The van der Waals surface area contributed by atoms with E-state index in [9.17, 15) is 0 Å². The molecule has 2 unspecified atom stereocenters. The highest BCUT2D eigenvalue weighted by Gasteiger charge is 2.54. The van der Waals surface area contributed by atoms with E-state index < -0.39 is 0 Å². The maximum absolute atomic E-state index is 5.74. The third-order valence-electron chi connectivity index (χ3n) is 4.22. The molecule has 2 N–H and O–H groups in total. The highest BCUT2D eigenvalue weighted by molar-refractivity contribution is 5.52. The van der Waals surface area contributed by atoms with Crippen LogP contribution in [0.4, 0.5) is 5.69 Å². The number of anilines is 1. The number of piperidine rings is 1. The van der Waals surface area contributed by atoms with Crippen molar-refractivity contribution < 1.29 is 0 Å². The maximum atomic E-state index is 5.74. The monoisotopic (exact) mass is 216 g/mol. The predicted molar refractivity (Wildman–Crippen MR) is 67.7 cm³/mol. The molecule has 2 aliphatic rings. The molecule has 2 heteroatoms. The number of hydrogen-bond acceptors (Lipinski definition) is 2. The van der Waals surface area contributed by atoms with Crippen LogP contribution < -0.4 is 10.6 Å². The van der Waals surface area contributed by atoms with Gasteiger partial charge in [0, 0.05) is 18.8 Å². The number of hydrogen-bond donors (Lipinski definition) is 1. The lowest BCUT2D eigenvalue weighted by Crippen LogP contribution is -2.25. The Balaban J connectivity index is 1.76. The number of nitrogens with two attached hydrogens (primary N) is 1. The van der Waals surface area contributed by atoms with Crippen LogP contribution in [-0.2, 0) is 0 Å². The summed E-state index contributed by atoms with van der Waals surface area (Å²) in [4.78, 5) is 2.53. The van der Waals surface area contributed by atoms with Crippen LogP contribution in [0.25, 0.3) is 0 Å². The van der Waals surface area contributed by atoms with Gasteiger partial charge in [-0.15, -0.1) is 0 Å². The normalized spacial score (nSPS) is 31.7. The molecule has 3 rings (SSSR count). The summed E-state index contributed by atoms with van der Waals surface area (Å²) in [5.74, 6) is 2.58. The summed E-state index contributed by atoms with van der Waals surface area (Å²) in [6.45, 7) is 7.67. The van der Waals surface area contributed by atoms with Gasteiger partial charge in [-0.05, 0) is 61.4 Å². The summed E-state index contributed by atoms with van der Waals surface area (Å²) in [6.07, 6.45) is 0. The van der Waals surface area contributed by atoms with Crippen molar-refractivity contribution in [2.75, 3.05) is 24.5 Å². The van der Waals surface area contributed by atoms with E-state index in [2.05, 4.69) is 36.9 Å². The molecule has 16 heavy (non-hydrogen) atoms. The van der Waals surface area contributed by atoms with Crippen LogP contribution in [0.2, 0.25) is 0 Å². The summed E-state index contributed by atoms with van der Waals surface area (Å²) >= 11 is 0. The van der Waals surface area contributed by atoms with Gasteiger partial charge in [-0.1, -0.05) is 6.07 Å². The molecule has 2 atom stereocenters. The SMILES string of the molecule is Cc1cc(C)cc(N2CC3C(CN)C3C2)c1. The zero-order valence-electron chi connectivity index (χ0n) is 10.1. The molecule has 0 radical (unpaired) electrons. The fourth-order valence-corrected chi connectivity index (χ4v) is 3.34. The van der Waals surface area contributed by atoms with E-state index >= 15 is 0 Å². The number of fused-ring (bicyclic) bond motifs is 1. The highest BCUT2D eigenvalue weighted by Crippen LogP contribution is 2.51. The maximum Gasteiger partial charge on any atom is 0.0371 e. The fourth-order valence-electron chi connectivity index (χ4n) is 3.34. The Kier molecular flexibility index (Phi) is 2.21. The third-order valence-corrected chi connectivity index (χ3v) is 4.22. The van der Waals surface area contributed by atoms with Crippen LogP contribution >= 0.6 is 0 Å². The van der Waals surface area contributed by atoms with Gasteiger partial charge in [0.25, 0.3) is 0 Å². The minimum absolute atomic E-state index is 0.821. The fraction of sp³-hybridized carbons (Fsp3) is 0.571. The van der Waals surface area contributed by atoms with Gasteiger partial charge in [0.15, 0.2) is 0 Å². The summed E-state index contributed by atoms with van der Waals surface area (Å²) in [6, 6.07) is 6.84. The molecule has 86 valence electrons. The second-order valence-corrected chi connectivity index (χ2v) is 5.48. The van der Waals surface area contributed by atoms with Crippen molar-refractivity contribution in [1.29, 1.82) is 0 Å². The molecule has 1 aromatic carbocycles.